The maximum Gasteiger partial charge on any atom is 0.269 e. The summed E-state index contributed by atoms with van der Waals surface area (Å²) in [6.07, 6.45) is 2.35. The Kier molecular flexibility index (Phi) is 5.11. The maximum absolute atomic E-state index is 11.2. The van der Waals surface area contributed by atoms with Crippen LogP contribution in [-0.2, 0) is 4.79 Å². The van der Waals surface area contributed by atoms with E-state index in [9.17, 15) is 14.9 Å². The topological polar surface area (TPSA) is 115 Å². The van der Waals surface area contributed by atoms with Gasteiger partial charge in [-0.1, -0.05) is 0 Å². The summed E-state index contributed by atoms with van der Waals surface area (Å²) in [5.74, 6) is 1.30. The Bertz CT molecular complexity index is 822. The van der Waals surface area contributed by atoms with Gasteiger partial charge in [0.1, 0.15) is 5.82 Å². The lowest BCUT2D eigenvalue weighted by Crippen LogP contribution is -2.37. The van der Waals surface area contributed by atoms with Gasteiger partial charge in [-0.05, 0) is 37.8 Å². The molecule has 3 rings (SSSR count). The van der Waals surface area contributed by atoms with Gasteiger partial charge in [0.25, 0.3) is 5.69 Å². The standard InChI is InChI=1S/C18H21N5O3/c1-12-9-17(22-8-2-3-13(11-22)10-16(19)24)21-18(20-12)14-4-6-15(7-5-14)23(25)26/h4-7,9,13H,2-3,8,10-11H2,1H3,(H2,19,24). The minimum Gasteiger partial charge on any atom is -0.370 e. The molecular weight excluding hydrogens is 334 g/mol. The molecule has 26 heavy (non-hydrogen) atoms. The largest absolute Gasteiger partial charge is 0.370 e. The fourth-order valence-electron chi connectivity index (χ4n) is 3.30. The van der Waals surface area contributed by atoms with E-state index in [2.05, 4.69) is 14.9 Å². The fourth-order valence-corrected chi connectivity index (χ4v) is 3.30. The van der Waals surface area contributed by atoms with E-state index in [1.54, 1.807) is 12.1 Å². The number of nitro groups is 1. The lowest BCUT2D eigenvalue weighted by atomic mass is 9.94. The molecule has 0 bridgehead atoms. The van der Waals surface area contributed by atoms with Gasteiger partial charge in [0.2, 0.25) is 5.91 Å². The van der Waals surface area contributed by atoms with Crippen molar-refractivity contribution in [3.8, 4) is 11.4 Å². The molecule has 1 unspecified atom stereocenters. The van der Waals surface area contributed by atoms with E-state index in [-0.39, 0.29) is 17.5 Å². The summed E-state index contributed by atoms with van der Waals surface area (Å²) in [6, 6.07) is 8.13. The summed E-state index contributed by atoms with van der Waals surface area (Å²) >= 11 is 0. The number of hydrogen-bond acceptors (Lipinski definition) is 6. The molecule has 1 amide bonds. The Labute approximate surface area is 151 Å². The number of piperidine rings is 1. The monoisotopic (exact) mass is 355 g/mol. The van der Waals surface area contributed by atoms with Crippen molar-refractivity contribution in [2.45, 2.75) is 26.2 Å². The highest BCUT2D eigenvalue weighted by Crippen LogP contribution is 2.26. The molecule has 1 atom stereocenters. The molecule has 2 heterocycles. The molecule has 136 valence electrons. The summed E-state index contributed by atoms with van der Waals surface area (Å²) in [5, 5.41) is 10.8. The molecular formula is C18H21N5O3. The Balaban J connectivity index is 1.85. The Morgan fingerprint density at radius 3 is 2.73 bits per heavy atom. The van der Waals surface area contributed by atoms with Crippen LogP contribution in [0.15, 0.2) is 30.3 Å². The van der Waals surface area contributed by atoms with Crippen molar-refractivity contribution in [2.75, 3.05) is 18.0 Å². The van der Waals surface area contributed by atoms with Gasteiger partial charge in [-0.25, -0.2) is 9.97 Å². The first-order valence-corrected chi connectivity index (χ1v) is 8.56. The number of benzene rings is 1. The van der Waals surface area contributed by atoms with E-state index in [0.717, 1.165) is 43.0 Å². The van der Waals surface area contributed by atoms with E-state index < -0.39 is 4.92 Å². The van der Waals surface area contributed by atoms with Crippen LogP contribution in [0.2, 0.25) is 0 Å². The normalized spacial score (nSPS) is 17.1. The second-order valence-corrected chi connectivity index (χ2v) is 6.62. The highest BCUT2D eigenvalue weighted by atomic mass is 16.6. The van der Waals surface area contributed by atoms with E-state index in [1.165, 1.54) is 12.1 Å². The molecule has 1 saturated heterocycles. The molecule has 2 N–H and O–H groups in total. The van der Waals surface area contributed by atoms with Crippen molar-refractivity contribution in [3.05, 3.63) is 46.1 Å². The number of rotatable bonds is 5. The highest BCUT2D eigenvalue weighted by molar-refractivity contribution is 5.74. The van der Waals surface area contributed by atoms with Crippen molar-refractivity contribution < 1.29 is 9.72 Å². The molecule has 8 nitrogen and oxygen atoms in total. The molecule has 0 saturated carbocycles. The van der Waals surface area contributed by atoms with Gasteiger partial charge in [0, 0.05) is 49.0 Å². The zero-order valence-electron chi connectivity index (χ0n) is 14.6. The number of nitro benzene ring substituents is 1. The molecule has 1 aromatic carbocycles. The number of primary amides is 1. The first-order valence-electron chi connectivity index (χ1n) is 8.56. The average Bonchev–Trinajstić information content (AvgIpc) is 2.61. The summed E-state index contributed by atoms with van der Waals surface area (Å²) < 4.78 is 0. The van der Waals surface area contributed by atoms with Gasteiger partial charge >= 0.3 is 0 Å². The predicted molar refractivity (Wildman–Crippen MR) is 97.6 cm³/mol. The van der Waals surface area contributed by atoms with Gasteiger partial charge < -0.3 is 10.6 Å². The third-order valence-electron chi connectivity index (χ3n) is 4.51. The zero-order chi connectivity index (χ0) is 18.7. The van der Waals surface area contributed by atoms with Crippen molar-refractivity contribution in [1.29, 1.82) is 0 Å². The third kappa shape index (κ3) is 4.14. The summed E-state index contributed by atoms with van der Waals surface area (Å²) in [7, 11) is 0. The number of aromatic nitrogens is 2. The van der Waals surface area contributed by atoms with Gasteiger partial charge in [0.15, 0.2) is 5.82 Å². The summed E-state index contributed by atoms with van der Waals surface area (Å²) in [4.78, 5) is 32.8. The molecule has 8 heteroatoms. The number of anilines is 1. The van der Waals surface area contributed by atoms with Crippen LogP contribution in [0.5, 0.6) is 0 Å². The van der Waals surface area contributed by atoms with Crippen molar-refractivity contribution in [2.24, 2.45) is 11.7 Å². The molecule has 0 radical (unpaired) electrons. The number of nitrogens with two attached hydrogens (primary N) is 1. The molecule has 1 aliphatic rings. The summed E-state index contributed by atoms with van der Waals surface area (Å²) in [6.45, 7) is 3.50. The number of hydrogen-bond donors (Lipinski definition) is 1. The second-order valence-electron chi connectivity index (χ2n) is 6.62. The molecule has 0 spiro atoms. The van der Waals surface area contributed by atoms with Crippen LogP contribution < -0.4 is 10.6 Å². The van der Waals surface area contributed by atoms with Crippen molar-refractivity contribution >= 4 is 17.4 Å². The molecule has 1 aromatic heterocycles. The number of carbonyl (C=O) groups excluding carboxylic acids is 1. The molecule has 2 aromatic rings. The quantitative estimate of drug-likeness (QED) is 0.650. The number of nitrogens with zero attached hydrogens (tertiary/aromatic N) is 4. The van der Waals surface area contributed by atoms with Crippen LogP contribution in [0.1, 0.15) is 25.0 Å². The molecule has 1 fully saturated rings. The fraction of sp³-hybridized carbons (Fsp3) is 0.389. The minimum absolute atomic E-state index is 0.0342. The first kappa shape index (κ1) is 17.8. The third-order valence-corrected chi connectivity index (χ3v) is 4.51. The second kappa shape index (κ2) is 7.47. The van der Waals surface area contributed by atoms with E-state index >= 15 is 0 Å². The van der Waals surface area contributed by atoms with Crippen LogP contribution in [0.4, 0.5) is 11.5 Å². The van der Waals surface area contributed by atoms with Gasteiger partial charge in [-0.15, -0.1) is 0 Å². The lowest BCUT2D eigenvalue weighted by molar-refractivity contribution is -0.384. The zero-order valence-corrected chi connectivity index (χ0v) is 14.6. The van der Waals surface area contributed by atoms with Crippen LogP contribution in [-0.4, -0.2) is 33.9 Å². The SMILES string of the molecule is Cc1cc(N2CCCC(CC(N)=O)C2)nc(-c2ccc([N+](=O)[O-])cc2)n1. The van der Waals surface area contributed by atoms with E-state index in [0.29, 0.717) is 12.2 Å². The average molecular weight is 355 g/mol. The van der Waals surface area contributed by atoms with Gasteiger partial charge in [-0.2, -0.15) is 0 Å². The van der Waals surface area contributed by atoms with E-state index in [4.69, 9.17) is 5.73 Å². The number of aryl methyl sites for hydroxylation is 1. The summed E-state index contributed by atoms with van der Waals surface area (Å²) in [5.41, 5.74) is 6.92. The Morgan fingerprint density at radius 1 is 1.35 bits per heavy atom. The van der Waals surface area contributed by atoms with Crippen LogP contribution in [0.3, 0.4) is 0 Å². The van der Waals surface area contributed by atoms with Crippen LogP contribution in [0, 0.1) is 23.0 Å². The van der Waals surface area contributed by atoms with Crippen molar-refractivity contribution in [3.63, 3.8) is 0 Å². The number of non-ortho nitro benzene ring substituents is 1. The van der Waals surface area contributed by atoms with Crippen molar-refractivity contribution in [1.82, 2.24) is 9.97 Å². The Morgan fingerprint density at radius 2 is 2.08 bits per heavy atom. The highest BCUT2D eigenvalue weighted by Gasteiger charge is 2.23. The van der Waals surface area contributed by atoms with Gasteiger partial charge in [-0.3, -0.25) is 14.9 Å². The number of amides is 1. The first-order chi connectivity index (χ1) is 12.4. The number of carbonyl (C=O) groups is 1. The van der Waals surface area contributed by atoms with Crippen LogP contribution >= 0.6 is 0 Å². The van der Waals surface area contributed by atoms with E-state index in [1.807, 2.05) is 13.0 Å². The lowest BCUT2D eigenvalue weighted by Gasteiger charge is -2.33. The smallest absolute Gasteiger partial charge is 0.269 e. The Hall–Kier alpha value is -3.03. The molecule has 0 aliphatic carbocycles. The van der Waals surface area contributed by atoms with Crippen LogP contribution in [0.25, 0.3) is 11.4 Å². The molecule has 1 aliphatic heterocycles. The minimum atomic E-state index is -0.432. The maximum atomic E-state index is 11.2. The van der Waals surface area contributed by atoms with Gasteiger partial charge in [0.05, 0.1) is 4.92 Å². The predicted octanol–water partition coefficient (Wildman–Crippen LogP) is 2.45.